The molecule has 0 bridgehead atoms. The fourth-order valence-electron chi connectivity index (χ4n) is 4.32. The van der Waals surface area contributed by atoms with Gasteiger partial charge in [0.15, 0.2) is 0 Å². The minimum Gasteiger partial charge on any atom is -0.352 e. The monoisotopic (exact) mass is 473 g/mol. The van der Waals surface area contributed by atoms with Crippen LogP contribution in [0.15, 0.2) is 49.2 Å². The van der Waals surface area contributed by atoms with E-state index in [9.17, 15) is 22.8 Å². The molecular formula is C24H26F3N5O2. The van der Waals surface area contributed by atoms with Gasteiger partial charge in [-0.1, -0.05) is 12.8 Å². The number of imidazole rings is 1. The van der Waals surface area contributed by atoms with E-state index < -0.39 is 23.2 Å². The Hall–Kier alpha value is -3.43. The highest BCUT2D eigenvalue weighted by molar-refractivity contribution is 5.95. The number of unbranched alkanes of at least 4 members (excludes halogenated alkanes) is 1. The van der Waals surface area contributed by atoms with Gasteiger partial charge in [0.1, 0.15) is 5.65 Å². The molecule has 34 heavy (non-hydrogen) atoms. The quantitative estimate of drug-likeness (QED) is 0.522. The largest absolute Gasteiger partial charge is 0.417 e. The highest BCUT2D eigenvalue weighted by Crippen LogP contribution is 2.32. The third-order valence-corrected chi connectivity index (χ3v) is 6.23. The third-order valence-electron chi connectivity index (χ3n) is 6.23. The van der Waals surface area contributed by atoms with Crippen molar-refractivity contribution in [2.75, 3.05) is 19.6 Å². The number of amides is 2. The molecule has 0 spiro atoms. The number of piperidine rings is 1. The van der Waals surface area contributed by atoms with Crippen molar-refractivity contribution in [3.05, 3.63) is 65.9 Å². The van der Waals surface area contributed by atoms with Gasteiger partial charge in [0.05, 0.1) is 16.7 Å². The summed E-state index contributed by atoms with van der Waals surface area (Å²) in [5.41, 5.74) is 0.0216. The summed E-state index contributed by atoms with van der Waals surface area (Å²) < 4.78 is 41.4. The molecule has 4 rings (SSSR count). The lowest BCUT2D eigenvalue weighted by atomic mass is 9.91. The zero-order valence-corrected chi connectivity index (χ0v) is 18.6. The Kier molecular flexibility index (Phi) is 7.14. The van der Waals surface area contributed by atoms with Crippen LogP contribution in [0.25, 0.3) is 5.65 Å². The SMILES string of the molecule is O=C(NCCCCC1CCN(C(=O)c2cnccc2C(F)(F)F)CC1)c1ccc2nccn2c1. The van der Waals surface area contributed by atoms with Crippen molar-refractivity contribution < 1.29 is 22.8 Å². The molecule has 2 amide bonds. The van der Waals surface area contributed by atoms with Crippen LogP contribution in [-0.4, -0.2) is 50.7 Å². The van der Waals surface area contributed by atoms with Crippen LogP contribution in [0.3, 0.4) is 0 Å². The van der Waals surface area contributed by atoms with Gasteiger partial charge in [0, 0.05) is 50.6 Å². The zero-order valence-electron chi connectivity index (χ0n) is 18.6. The predicted octanol–water partition coefficient (Wildman–Crippen LogP) is 4.20. The second-order valence-electron chi connectivity index (χ2n) is 8.52. The highest BCUT2D eigenvalue weighted by atomic mass is 19.4. The van der Waals surface area contributed by atoms with Crippen LogP contribution in [0.1, 0.15) is 58.4 Å². The van der Waals surface area contributed by atoms with Crippen LogP contribution in [0.4, 0.5) is 13.2 Å². The molecule has 180 valence electrons. The Morgan fingerprint density at radius 2 is 1.88 bits per heavy atom. The molecule has 1 N–H and O–H groups in total. The van der Waals surface area contributed by atoms with Crippen molar-refractivity contribution in [3.8, 4) is 0 Å². The van der Waals surface area contributed by atoms with Crippen LogP contribution in [-0.2, 0) is 6.18 Å². The van der Waals surface area contributed by atoms with Gasteiger partial charge in [0.2, 0.25) is 0 Å². The Morgan fingerprint density at radius 3 is 2.65 bits per heavy atom. The van der Waals surface area contributed by atoms with E-state index >= 15 is 0 Å². The van der Waals surface area contributed by atoms with Crippen LogP contribution < -0.4 is 5.32 Å². The lowest BCUT2D eigenvalue weighted by Gasteiger charge is -2.32. The number of alkyl halides is 3. The van der Waals surface area contributed by atoms with Gasteiger partial charge in [-0.25, -0.2) is 4.98 Å². The fourth-order valence-corrected chi connectivity index (χ4v) is 4.32. The van der Waals surface area contributed by atoms with Gasteiger partial charge >= 0.3 is 6.18 Å². The summed E-state index contributed by atoms with van der Waals surface area (Å²) in [7, 11) is 0. The molecule has 0 radical (unpaired) electrons. The standard InChI is InChI=1S/C24H26F3N5O2/c25-24(26,27)20-6-10-28-15-19(20)23(34)31-12-7-17(8-13-31)3-1-2-9-30-22(33)18-4-5-21-29-11-14-32(21)16-18/h4-6,10-11,14-17H,1-3,7-9,12-13H2,(H,30,33). The molecule has 1 aliphatic rings. The van der Waals surface area contributed by atoms with E-state index in [1.54, 1.807) is 35.1 Å². The number of nitrogens with zero attached hydrogens (tertiary/aromatic N) is 4. The average Bonchev–Trinajstić information content (AvgIpc) is 3.31. The maximum Gasteiger partial charge on any atom is 0.417 e. The number of hydrogen-bond acceptors (Lipinski definition) is 4. The maximum absolute atomic E-state index is 13.2. The molecule has 0 unspecified atom stereocenters. The van der Waals surface area contributed by atoms with Gasteiger partial charge in [-0.05, 0) is 43.4 Å². The topological polar surface area (TPSA) is 79.6 Å². The van der Waals surface area contributed by atoms with Crippen molar-refractivity contribution in [1.82, 2.24) is 24.6 Å². The smallest absolute Gasteiger partial charge is 0.352 e. The summed E-state index contributed by atoms with van der Waals surface area (Å²) in [5.74, 6) is -0.328. The number of fused-ring (bicyclic) bond motifs is 1. The number of carbonyl (C=O) groups excluding carboxylic acids is 2. The third kappa shape index (κ3) is 5.55. The molecule has 1 fully saturated rings. The highest BCUT2D eigenvalue weighted by Gasteiger charge is 2.36. The fraction of sp³-hybridized carbons (Fsp3) is 0.417. The average molecular weight is 473 g/mol. The van der Waals surface area contributed by atoms with Crippen LogP contribution in [0, 0.1) is 5.92 Å². The van der Waals surface area contributed by atoms with Crippen LogP contribution in [0.5, 0.6) is 0 Å². The molecule has 1 aliphatic heterocycles. The number of hydrogen-bond donors (Lipinski definition) is 1. The molecule has 7 nitrogen and oxygen atoms in total. The first-order valence-corrected chi connectivity index (χ1v) is 11.3. The van der Waals surface area contributed by atoms with Crippen molar-refractivity contribution in [2.24, 2.45) is 5.92 Å². The van der Waals surface area contributed by atoms with Crippen LogP contribution >= 0.6 is 0 Å². The number of nitrogens with one attached hydrogen (secondary N) is 1. The van der Waals surface area contributed by atoms with Gasteiger partial charge < -0.3 is 14.6 Å². The lowest BCUT2D eigenvalue weighted by molar-refractivity contribution is -0.138. The Balaban J connectivity index is 1.17. The molecule has 10 heteroatoms. The Labute approximate surface area is 195 Å². The number of aromatic nitrogens is 3. The lowest BCUT2D eigenvalue weighted by Crippen LogP contribution is -2.39. The zero-order chi connectivity index (χ0) is 24.1. The molecular weight excluding hydrogens is 447 g/mol. The van der Waals surface area contributed by atoms with Crippen molar-refractivity contribution >= 4 is 17.5 Å². The van der Waals surface area contributed by atoms with E-state index in [2.05, 4.69) is 15.3 Å². The van der Waals surface area contributed by atoms with Crippen molar-refractivity contribution in [2.45, 2.75) is 38.3 Å². The minimum atomic E-state index is -4.59. The first kappa shape index (κ1) is 23.7. The second-order valence-corrected chi connectivity index (χ2v) is 8.52. The summed E-state index contributed by atoms with van der Waals surface area (Å²) in [4.78, 5) is 34.3. The number of rotatable bonds is 7. The van der Waals surface area contributed by atoms with E-state index in [4.69, 9.17) is 0 Å². The maximum atomic E-state index is 13.2. The number of likely N-dealkylation sites (tertiary alicyclic amines) is 1. The molecule has 1 saturated heterocycles. The number of pyridine rings is 2. The van der Waals surface area contributed by atoms with Crippen LogP contribution in [0.2, 0.25) is 0 Å². The van der Waals surface area contributed by atoms with E-state index in [0.29, 0.717) is 31.1 Å². The van der Waals surface area contributed by atoms with Gasteiger partial charge in [-0.2, -0.15) is 13.2 Å². The molecule has 0 aromatic carbocycles. The number of carbonyl (C=O) groups is 2. The van der Waals surface area contributed by atoms with Crippen molar-refractivity contribution in [3.63, 3.8) is 0 Å². The van der Waals surface area contributed by atoms with E-state index in [1.807, 2.05) is 0 Å². The molecule has 3 aromatic rings. The minimum absolute atomic E-state index is 0.129. The number of halogens is 3. The van der Waals surface area contributed by atoms with E-state index in [1.165, 1.54) is 4.90 Å². The molecule has 3 aromatic heterocycles. The molecule has 0 atom stereocenters. The molecule has 0 aliphatic carbocycles. The molecule has 0 saturated carbocycles. The van der Waals surface area contributed by atoms with E-state index in [0.717, 1.165) is 56.2 Å². The summed E-state index contributed by atoms with van der Waals surface area (Å²) in [6.45, 7) is 1.44. The Bertz CT molecular complexity index is 1150. The summed E-state index contributed by atoms with van der Waals surface area (Å²) in [6.07, 6.45) is 6.90. The second kappa shape index (κ2) is 10.2. The summed E-state index contributed by atoms with van der Waals surface area (Å²) >= 11 is 0. The summed E-state index contributed by atoms with van der Waals surface area (Å²) in [5, 5.41) is 2.93. The van der Waals surface area contributed by atoms with E-state index in [-0.39, 0.29) is 5.91 Å². The first-order valence-electron chi connectivity index (χ1n) is 11.3. The van der Waals surface area contributed by atoms with Gasteiger partial charge in [0.25, 0.3) is 11.8 Å². The van der Waals surface area contributed by atoms with Gasteiger partial charge in [-0.3, -0.25) is 14.6 Å². The first-order chi connectivity index (χ1) is 16.3. The van der Waals surface area contributed by atoms with Gasteiger partial charge in [-0.15, -0.1) is 0 Å². The predicted molar refractivity (Wildman–Crippen MR) is 119 cm³/mol. The summed E-state index contributed by atoms with van der Waals surface area (Å²) in [6, 6.07) is 4.38. The molecule has 4 heterocycles. The Morgan fingerprint density at radius 1 is 1.09 bits per heavy atom. The van der Waals surface area contributed by atoms with Crippen molar-refractivity contribution in [1.29, 1.82) is 0 Å². The normalized spacial score (nSPS) is 15.0.